The molecule has 0 radical (unpaired) electrons. The number of benzene rings is 1. The number of nitrogens with one attached hydrogen (secondary N) is 1. The summed E-state index contributed by atoms with van der Waals surface area (Å²) in [7, 11) is 0. The Morgan fingerprint density at radius 1 is 1.10 bits per heavy atom. The zero-order valence-electron chi connectivity index (χ0n) is 11.9. The molecule has 0 aliphatic heterocycles. The minimum Gasteiger partial charge on any atom is -0.478 e. The van der Waals surface area contributed by atoms with Gasteiger partial charge in [-0.3, -0.25) is 4.79 Å². The Morgan fingerprint density at radius 2 is 1.71 bits per heavy atom. The molecule has 0 bridgehead atoms. The monoisotopic (exact) mass is 401 g/mol. The van der Waals surface area contributed by atoms with Crippen molar-refractivity contribution in [2.24, 2.45) is 5.92 Å². The first kappa shape index (κ1) is 16.3. The summed E-state index contributed by atoms with van der Waals surface area (Å²) in [6.45, 7) is 0. The third-order valence-electron chi connectivity index (χ3n) is 3.95. The van der Waals surface area contributed by atoms with Crippen LogP contribution in [0, 0.1) is 9.49 Å². The lowest BCUT2D eigenvalue weighted by atomic mass is 9.90. The van der Waals surface area contributed by atoms with Crippen LogP contribution in [0.15, 0.2) is 18.2 Å². The van der Waals surface area contributed by atoms with Crippen molar-refractivity contribution in [1.82, 2.24) is 0 Å². The van der Waals surface area contributed by atoms with E-state index >= 15 is 0 Å². The van der Waals surface area contributed by atoms with E-state index in [0.29, 0.717) is 5.69 Å². The number of rotatable bonds is 3. The van der Waals surface area contributed by atoms with Crippen molar-refractivity contribution in [2.45, 2.75) is 44.9 Å². The van der Waals surface area contributed by atoms with Crippen LogP contribution in [-0.2, 0) is 4.79 Å². The summed E-state index contributed by atoms with van der Waals surface area (Å²) in [6.07, 6.45) is 7.60. The molecular weight excluding hydrogens is 381 g/mol. The van der Waals surface area contributed by atoms with E-state index in [0.717, 1.165) is 29.3 Å². The van der Waals surface area contributed by atoms with Gasteiger partial charge >= 0.3 is 5.97 Å². The van der Waals surface area contributed by atoms with Crippen LogP contribution in [0.2, 0.25) is 0 Å². The van der Waals surface area contributed by atoms with E-state index in [9.17, 15) is 14.7 Å². The van der Waals surface area contributed by atoms with Crippen LogP contribution in [0.1, 0.15) is 55.3 Å². The van der Waals surface area contributed by atoms with Gasteiger partial charge in [0.25, 0.3) is 0 Å². The maximum absolute atomic E-state index is 12.4. The number of carboxylic acids is 1. The largest absolute Gasteiger partial charge is 0.478 e. The lowest BCUT2D eigenvalue weighted by Crippen LogP contribution is -2.24. The zero-order chi connectivity index (χ0) is 15.2. The molecule has 1 aliphatic rings. The topological polar surface area (TPSA) is 66.4 Å². The third kappa shape index (κ3) is 4.69. The summed E-state index contributed by atoms with van der Waals surface area (Å²) in [4.78, 5) is 23.7. The van der Waals surface area contributed by atoms with Crippen LogP contribution in [-0.4, -0.2) is 17.0 Å². The maximum Gasteiger partial charge on any atom is 0.337 e. The van der Waals surface area contributed by atoms with Crippen molar-refractivity contribution < 1.29 is 14.7 Å². The second-order valence-electron chi connectivity index (χ2n) is 5.53. The SMILES string of the molecule is O=C(O)c1cc(I)ccc1NC(=O)C1CCCCCCC1. The number of aromatic carboxylic acids is 1. The Kier molecular flexibility index (Phi) is 6.02. The van der Waals surface area contributed by atoms with Gasteiger partial charge in [0.2, 0.25) is 5.91 Å². The predicted molar refractivity (Wildman–Crippen MR) is 90.6 cm³/mol. The van der Waals surface area contributed by atoms with E-state index in [1.807, 2.05) is 0 Å². The molecule has 0 saturated heterocycles. The number of amides is 1. The molecule has 0 spiro atoms. The molecule has 5 heteroatoms. The minimum atomic E-state index is -1.01. The predicted octanol–water partition coefficient (Wildman–Crippen LogP) is 4.29. The summed E-state index contributed by atoms with van der Waals surface area (Å²) < 4.78 is 0.842. The standard InChI is InChI=1S/C16H20INO3/c17-12-8-9-14(13(10-12)16(20)21)18-15(19)11-6-4-2-1-3-5-7-11/h8-11H,1-7H2,(H,18,19)(H,20,21). The lowest BCUT2D eigenvalue weighted by Gasteiger charge is -2.19. The number of carboxylic acid groups (broad SMARTS) is 1. The molecule has 4 nitrogen and oxygen atoms in total. The van der Waals surface area contributed by atoms with Crippen molar-refractivity contribution in [3.8, 4) is 0 Å². The average molecular weight is 401 g/mol. The number of carbonyl (C=O) groups excluding carboxylic acids is 1. The number of hydrogen-bond acceptors (Lipinski definition) is 2. The van der Waals surface area contributed by atoms with Crippen LogP contribution in [0.5, 0.6) is 0 Å². The van der Waals surface area contributed by atoms with Gasteiger partial charge in [-0.25, -0.2) is 4.79 Å². The van der Waals surface area contributed by atoms with E-state index in [4.69, 9.17) is 0 Å². The highest BCUT2D eigenvalue weighted by Gasteiger charge is 2.21. The average Bonchev–Trinajstić information content (AvgIpc) is 2.40. The highest BCUT2D eigenvalue weighted by atomic mass is 127. The second kappa shape index (κ2) is 7.77. The van der Waals surface area contributed by atoms with Gasteiger partial charge in [-0.15, -0.1) is 0 Å². The number of hydrogen-bond donors (Lipinski definition) is 2. The first-order chi connectivity index (χ1) is 10.1. The molecule has 0 atom stereocenters. The Morgan fingerprint density at radius 3 is 2.33 bits per heavy atom. The summed E-state index contributed by atoms with van der Waals surface area (Å²) in [6, 6.07) is 5.06. The van der Waals surface area contributed by atoms with Crippen molar-refractivity contribution in [1.29, 1.82) is 0 Å². The lowest BCUT2D eigenvalue weighted by molar-refractivity contribution is -0.120. The quantitative estimate of drug-likeness (QED) is 0.743. The fourth-order valence-electron chi connectivity index (χ4n) is 2.76. The smallest absolute Gasteiger partial charge is 0.337 e. The molecule has 1 aromatic carbocycles. The molecule has 2 rings (SSSR count). The number of anilines is 1. The van der Waals surface area contributed by atoms with Gasteiger partial charge in [-0.2, -0.15) is 0 Å². The summed E-state index contributed by atoms with van der Waals surface area (Å²) >= 11 is 2.07. The van der Waals surface area contributed by atoms with E-state index < -0.39 is 5.97 Å². The normalized spacial score (nSPS) is 16.8. The van der Waals surface area contributed by atoms with Crippen LogP contribution in [0.4, 0.5) is 5.69 Å². The van der Waals surface area contributed by atoms with Gasteiger partial charge in [-0.05, 0) is 53.6 Å². The zero-order valence-corrected chi connectivity index (χ0v) is 14.1. The summed E-state index contributed by atoms with van der Waals surface area (Å²) in [5, 5.41) is 12.1. The van der Waals surface area contributed by atoms with E-state index in [2.05, 4.69) is 27.9 Å². The molecule has 1 aliphatic carbocycles. The fourth-order valence-corrected chi connectivity index (χ4v) is 3.25. The molecular formula is C16H20INO3. The maximum atomic E-state index is 12.4. The van der Waals surface area contributed by atoms with Crippen molar-refractivity contribution >= 4 is 40.2 Å². The Bertz CT molecular complexity index is 522. The van der Waals surface area contributed by atoms with Crippen LogP contribution in [0.3, 0.4) is 0 Å². The molecule has 21 heavy (non-hydrogen) atoms. The molecule has 1 aromatic rings. The first-order valence-corrected chi connectivity index (χ1v) is 8.49. The van der Waals surface area contributed by atoms with Crippen molar-refractivity contribution in [3.63, 3.8) is 0 Å². The fraction of sp³-hybridized carbons (Fsp3) is 0.500. The van der Waals surface area contributed by atoms with Crippen molar-refractivity contribution in [3.05, 3.63) is 27.3 Å². The Labute approximate surface area is 138 Å². The highest BCUT2D eigenvalue weighted by Crippen LogP contribution is 2.25. The molecule has 0 aromatic heterocycles. The van der Waals surface area contributed by atoms with E-state index in [-0.39, 0.29) is 17.4 Å². The number of halogens is 1. The highest BCUT2D eigenvalue weighted by molar-refractivity contribution is 14.1. The molecule has 0 heterocycles. The van der Waals surface area contributed by atoms with Gasteiger partial charge in [0.1, 0.15) is 0 Å². The summed E-state index contributed by atoms with van der Waals surface area (Å²) in [5.74, 6) is -1.05. The van der Waals surface area contributed by atoms with Gasteiger partial charge in [0.15, 0.2) is 0 Å². The third-order valence-corrected chi connectivity index (χ3v) is 4.62. The van der Waals surface area contributed by atoms with E-state index in [1.54, 1.807) is 18.2 Å². The molecule has 0 unspecified atom stereocenters. The Hall–Kier alpha value is -1.11. The van der Waals surface area contributed by atoms with Crippen molar-refractivity contribution in [2.75, 3.05) is 5.32 Å². The molecule has 1 amide bonds. The van der Waals surface area contributed by atoms with Crippen LogP contribution < -0.4 is 5.32 Å². The molecule has 1 fully saturated rings. The van der Waals surface area contributed by atoms with Gasteiger partial charge in [-0.1, -0.05) is 32.1 Å². The molecule has 1 saturated carbocycles. The summed E-state index contributed by atoms with van der Waals surface area (Å²) in [5.41, 5.74) is 0.552. The Balaban J connectivity index is 2.09. The second-order valence-corrected chi connectivity index (χ2v) is 6.77. The van der Waals surface area contributed by atoms with Gasteiger partial charge in [0.05, 0.1) is 11.3 Å². The van der Waals surface area contributed by atoms with Gasteiger partial charge in [0, 0.05) is 9.49 Å². The molecule has 2 N–H and O–H groups in total. The molecule has 114 valence electrons. The van der Waals surface area contributed by atoms with Crippen LogP contribution >= 0.6 is 22.6 Å². The number of carbonyl (C=O) groups is 2. The van der Waals surface area contributed by atoms with E-state index in [1.165, 1.54) is 19.3 Å². The first-order valence-electron chi connectivity index (χ1n) is 7.41. The van der Waals surface area contributed by atoms with Gasteiger partial charge < -0.3 is 10.4 Å². The van der Waals surface area contributed by atoms with Crippen LogP contribution in [0.25, 0.3) is 0 Å². The minimum absolute atomic E-state index is 0.00576.